The maximum Gasteiger partial charge on any atom is 0.295 e. The van der Waals surface area contributed by atoms with Gasteiger partial charge in [-0.1, -0.05) is 42.0 Å². The number of likely N-dealkylation sites (tertiary alicyclic amines) is 1. The predicted molar refractivity (Wildman–Crippen MR) is 103 cm³/mol. The Labute approximate surface area is 163 Å². The lowest BCUT2D eigenvalue weighted by atomic mass is 9.95. The minimum Gasteiger partial charge on any atom is -0.507 e. The van der Waals surface area contributed by atoms with E-state index in [1.165, 1.54) is 29.2 Å². The number of hydrogen-bond acceptors (Lipinski definition) is 4. The smallest absolute Gasteiger partial charge is 0.295 e. The van der Waals surface area contributed by atoms with Gasteiger partial charge in [0.25, 0.3) is 11.7 Å². The number of ether oxygens (including phenoxy) is 1. The second kappa shape index (κ2) is 8.35. The van der Waals surface area contributed by atoms with E-state index in [0.29, 0.717) is 24.2 Å². The van der Waals surface area contributed by atoms with Gasteiger partial charge in [0.15, 0.2) is 0 Å². The van der Waals surface area contributed by atoms with E-state index in [1.807, 2.05) is 19.1 Å². The molecule has 0 aliphatic carbocycles. The van der Waals surface area contributed by atoms with Crippen LogP contribution in [0.5, 0.6) is 0 Å². The number of aliphatic hydroxyl groups is 1. The number of ketones is 1. The van der Waals surface area contributed by atoms with Crippen LogP contribution in [-0.4, -0.2) is 42.0 Å². The van der Waals surface area contributed by atoms with Crippen molar-refractivity contribution in [1.82, 2.24) is 4.90 Å². The molecule has 0 unspecified atom stereocenters. The van der Waals surface area contributed by atoms with E-state index >= 15 is 0 Å². The van der Waals surface area contributed by atoms with Gasteiger partial charge in [0.05, 0.1) is 11.6 Å². The summed E-state index contributed by atoms with van der Waals surface area (Å²) < 4.78 is 18.4. The molecule has 0 saturated carbocycles. The Kier molecular flexibility index (Phi) is 5.90. The molecule has 1 amide bonds. The normalized spacial score (nSPS) is 18.7. The number of Topliss-reactive ketones (excluding diaryl/α,β-unsaturated/α-hetero) is 1. The third-order valence-corrected chi connectivity index (χ3v) is 4.80. The summed E-state index contributed by atoms with van der Waals surface area (Å²) in [7, 11) is 1.56. The van der Waals surface area contributed by atoms with Crippen molar-refractivity contribution in [2.45, 2.75) is 19.4 Å². The zero-order valence-corrected chi connectivity index (χ0v) is 15.8. The molecule has 1 aliphatic rings. The first-order valence-electron chi connectivity index (χ1n) is 9.04. The summed E-state index contributed by atoms with van der Waals surface area (Å²) in [5.74, 6) is -2.08. The molecule has 0 aromatic heterocycles. The van der Waals surface area contributed by atoms with Crippen LogP contribution in [-0.2, 0) is 14.3 Å². The highest BCUT2D eigenvalue weighted by Crippen LogP contribution is 2.39. The summed E-state index contributed by atoms with van der Waals surface area (Å²) in [6, 6.07) is 11.9. The number of nitrogens with zero attached hydrogens (tertiary/aromatic N) is 1. The summed E-state index contributed by atoms with van der Waals surface area (Å²) in [5, 5.41) is 10.9. The Morgan fingerprint density at radius 2 is 1.75 bits per heavy atom. The molecule has 1 saturated heterocycles. The van der Waals surface area contributed by atoms with Crippen LogP contribution in [0.25, 0.3) is 5.76 Å². The standard InChI is InChI=1S/C22H22FNO4/c1-14-4-6-16(7-5-14)20(25)18-19(15-8-10-17(23)11-9-15)24(12-3-13-28-2)22(27)21(18)26/h4-11,19,25H,3,12-13H2,1-2H3/b20-18+/t19-/m1/s1. The van der Waals surface area contributed by atoms with Crippen LogP contribution in [0.4, 0.5) is 4.39 Å². The lowest BCUT2D eigenvalue weighted by Gasteiger charge is -2.25. The zero-order valence-electron chi connectivity index (χ0n) is 15.8. The van der Waals surface area contributed by atoms with Gasteiger partial charge in [0, 0.05) is 25.8 Å². The molecule has 6 heteroatoms. The predicted octanol–water partition coefficient (Wildman–Crippen LogP) is 3.59. The van der Waals surface area contributed by atoms with Gasteiger partial charge in [-0.25, -0.2) is 4.39 Å². The summed E-state index contributed by atoms with van der Waals surface area (Å²) in [6.45, 7) is 2.62. The maximum atomic E-state index is 13.4. The first kappa shape index (κ1) is 19.8. The number of methoxy groups -OCH3 is 1. The van der Waals surface area contributed by atoms with Crippen molar-refractivity contribution in [3.05, 3.63) is 76.6 Å². The van der Waals surface area contributed by atoms with Crippen molar-refractivity contribution < 1.29 is 23.8 Å². The largest absolute Gasteiger partial charge is 0.507 e. The Balaban J connectivity index is 2.10. The minimum absolute atomic E-state index is 0.0119. The van der Waals surface area contributed by atoms with Crippen LogP contribution < -0.4 is 0 Å². The van der Waals surface area contributed by atoms with Crippen LogP contribution in [0.3, 0.4) is 0 Å². The van der Waals surface area contributed by atoms with Crippen molar-refractivity contribution in [3.8, 4) is 0 Å². The fourth-order valence-electron chi connectivity index (χ4n) is 3.35. The average Bonchev–Trinajstić information content (AvgIpc) is 2.94. The fourth-order valence-corrected chi connectivity index (χ4v) is 3.35. The van der Waals surface area contributed by atoms with Gasteiger partial charge in [0.2, 0.25) is 0 Å². The van der Waals surface area contributed by atoms with Gasteiger partial charge in [-0.15, -0.1) is 0 Å². The Morgan fingerprint density at radius 3 is 2.36 bits per heavy atom. The molecule has 3 rings (SSSR count). The second-order valence-corrected chi connectivity index (χ2v) is 6.76. The molecule has 1 atom stereocenters. The number of benzene rings is 2. The van der Waals surface area contributed by atoms with Crippen LogP contribution in [0.1, 0.15) is 29.2 Å². The number of aryl methyl sites for hydroxylation is 1. The van der Waals surface area contributed by atoms with E-state index in [4.69, 9.17) is 4.74 Å². The molecule has 1 N–H and O–H groups in total. The van der Waals surface area contributed by atoms with Gasteiger partial charge in [-0.05, 0) is 31.0 Å². The fraction of sp³-hybridized carbons (Fsp3) is 0.273. The lowest BCUT2D eigenvalue weighted by molar-refractivity contribution is -0.140. The van der Waals surface area contributed by atoms with Gasteiger partial charge in [-0.2, -0.15) is 0 Å². The van der Waals surface area contributed by atoms with Gasteiger partial charge in [-0.3, -0.25) is 9.59 Å². The Morgan fingerprint density at radius 1 is 1.11 bits per heavy atom. The summed E-state index contributed by atoms with van der Waals surface area (Å²) in [5.41, 5.74) is 2.03. The molecule has 5 nitrogen and oxygen atoms in total. The van der Waals surface area contributed by atoms with Crippen molar-refractivity contribution in [2.24, 2.45) is 0 Å². The Bertz CT molecular complexity index is 903. The number of halogens is 1. The van der Waals surface area contributed by atoms with Gasteiger partial charge < -0.3 is 14.7 Å². The summed E-state index contributed by atoms with van der Waals surface area (Å²) in [4.78, 5) is 26.8. The Hall–Kier alpha value is -2.99. The third-order valence-electron chi connectivity index (χ3n) is 4.80. The van der Waals surface area contributed by atoms with Gasteiger partial charge >= 0.3 is 0 Å². The van der Waals surface area contributed by atoms with E-state index in [9.17, 15) is 19.1 Å². The topological polar surface area (TPSA) is 66.8 Å². The number of rotatable bonds is 6. The molecule has 146 valence electrons. The van der Waals surface area contributed by atoms with Crippen LogP contribution in [0.15, 0.2) is 54.1 Å². The number of carbonyl (C=O) groups excluding carboxylic acids is 2. The number of aliphatic hydroxyl groups excluding tert-OH is 1. The number of carbonyl (C=O) groups is 2. The molecule has 1 aliphatic heterocycles. The van der Waals surface area contributed by atoms with E-state index in [-0.39, 0.29) is 17.9 Å². The first-order chi connectivity index (χ1) is 13.4. The molecule has 2 aromatic carbocycles. The maximum absolute atomic E-state index is 13.4. The number of amides is 1. The average molecular weight is 383 g/mol. The van der Waals surface area contributed by atoms with Gasteiger partial charge in [0.1, 0.15) is 11.6 Å². The minimum atomic E-state index is -0.779. The second-order valence-electron chi connectivity index (χ2n) is 6.76. The molecule has 1 heterocycles. The highest BCUT2D eigenvalue weighted by molar-refractivity contribution is 6.46. The molecule has 28 heavy (non-hydrogen) atoms. The van der Waals surface area contributed by atoms with Crippen LogP contribution >= 0.6 is 0 Å². The zero-order chi connectivity index (χ0) is 20.3. The molecule has 0 spiro atoms. The highest BCUT2D eigenvalue weighted by Gasteiger charge is 2.45. The van der Waals surface area contributed by atoms with Crippen LogP contribution in [0, 0.1) is 12.7 Å². The SMILES string of the molecule is COCCCN1C(=O)C(=O)/C(=C(/O)c2ccc(C)cc2)[C@H]1c1ccc(F)cc1. The molecule has 2 aromatic rings. The molecule has 0 bridgehead atoms. The number of hydrogen-bond donors (Lipinski definition) is 1. The lowest BCUT2D eigenvalue weighted by Crippen LogP contribution is -2.31. The van der Waals surface area contributed by atoms with Crippen molar-refractivity contribution in [1.29, 1.82) is 0 Å². The molecular weight excluding hydrogens is 361 g/mol. The quantitative estimate of drug-likeness (QED) is 0.358. The van der Waals surface area contributed by atoms with Crippen molar-refractivity contribution in [2.75, 3.05) is 20.3 Å². The highest BCUT2D eigenvalue weighted by atomic mass is 19.1. The van der Waals surface area contributed by atoms with E-state index < -0.39 is 23.5 Å². The monoisotopic (exact) mass is 383 g/mol. The molecular formula is C22H22FNO4. The van der Waals surface area contributed by atoms with E-state index in [1.54, 1.807) is 19.2 Å². The third kappa shape index (κ3) is 3.82. The van der Waals surface area contributed by atoms with Crippen molar-refractivity contribution in [3.63, 3.8) is 0 Å². The first-order valence-corrected chi connectivity index (χ1v) is 9.04. The summed E-state index contributed by atoms with van der Waals surface area (Å²) >= 11 is 0. The molecule has 1 fully saturated rings. The molecule has 0 radical (unpaired) electrons. The van der Waals surface area contributed by atoms with E-state index in [2.05, 4.69) is 0 Å². The van der Waals surface area contributed by atoms with E-state index in [0.717, 1.165) is 5.56 Å². The van der Waals surface area contributed by atoms with Crippen molar-refractivity contribution >= 4 is 17.4 Å². The van der Waals surface area contributed by atoms with Crippen LogP contribution in [0.2, 0.25) is 0 Å². The summed E-state index contributed by atoms with van der Waals surface area (Å²) in [6.07, 6.45) is 0.534.